The standard InChI is InChI=1S/C16H18N2O2/c1-11(20-15-4-2-3-12(8-15)9-17)16(19)18-10-13-5-6-14(18)7-13/h2-4,8,11,13-14H,5-7,10H2,1H3. The van der Waals surface area contributed by atoms with Gasteiger partial charge >= 0.3 is 0 Å². The topological polar surface area (TPSA) is 53.3 Å². The molecule has 2 aliphatic rings. The lowest BCUT2D eigenvalue weighted by atomic mass is 10.1. The quantitative estimate of drug-likeness (QED) is 0.847. The molecule has 104 valence electrons. The molecule has 1 saturated carbocycles. The normalized spacial score (nSPS) is 25.3. The number of piperidine rings is 1. The Balaban J connectivity index is 1.65. The van der Waals surface area contributed by atoms with Crippen LogP contribution in [0.2, 0.25) is 0 Å². The van der Waals surface area contributed by atoms with Crippen LogP contribution in [0.4, 0.5) is 0 Å². The number of amides is 1. The van der Waals surface area contributed by atoms with E-state index in [-0.39, 0.29) is 5.91 Å². The van der Waals surface area contributed by atoms with E-state index in [0.29, 0.717) is 23.3 Å². The number of nitrogens with zero attached hydrogens (tertiary/aromatic N) is 2. The third-order valence-electron chi connectivity index (χ3n) is 4.32. The van der Waals surface area contributed by atoms with Crippen molar-refractivity contribution >= 4 is 5.91 Å². The lowest BCUT2D eigenvalue weighted by Gasteiger charge is -2.29. The molecule has 1 aliphatic carbocycles. The second kappa shape index (κ2) is 5.16. The Bertz CT molecular complexity index is 564. The van der Waals surface area contributed by atoms with E-state index in [9.17, 15) is 4.79 Å². The summed E-state index contributed by atoms with van der Waals surface area (Å²) in [5, 5.41) is 8.87. The number of carbonyl (C=O) groups is 1. The molecule has 0 aromatic heterocycles. The summed E-state index contributed by atoms with van der Waals surface area (Å²) in [5.41, 5.74) is 0.544. The number of fused-ring (bicyclic) bond motifs is 2. The van der Waals surface area contributed by atoms with Crippen molar-refractivity contribution in [3.63, 3.8) is 0 Å². The Labute approximate surface area is 118 Å². The highest BCUT2D eigenvalue weighted by Gasteiger charge is 2.41. The molecule has 1 aliphatic heterocycles. The summed E-state index contributed by atoms with van der Waals surface area (Å²) in [6.45, 7) is 2.67. The third-order valence-corrected chi connectivity index (χ3v) is 4.32. The molecule has 1 saturated heterocycles. The Morgan fingerprint density at radius 2 is 2.35 bits per heavy atom. The molecule has 0 radical (unpaired) electrons. The van der Waals surface area contributed by atoms with Crippen LogP contribution in [0.5, 0.6) is 5.75 Å². The smallest absolute Gasteiger partial charge is 0.263 e. The van der Waals surface area contributed by atoms with Gasteiger partial charge in [-0.25, -0.2) is 0 Å². The fraction of sp³-hybridized carbons (Fsp3) is 0.500. The van der Waals surface area contributed by atoms with Gasteiger partial charge in [0.15, 0.2) is 6.10 Å². The summed E-state index contributed by atoms with van der Waals surface area (Å²) in [7, 11) is 0. The van der Waals surface area contributed by atoms with Gasteiger partial charge in [-0.3, -0.25) is 4.79 Å². The molecule has 1 heterocycles. The van der Waals surface area contributed by atoms with Crippen LogP contribution in [0.1, 0.15) is 31.7 Å². The maximum absolute atomic E-state index is 12.4. The first-order valence-electron chi connectivity index (χ1n) is 7.14. The Kier molecular flexibility index (Phi) is 3.35. The Hall–Kier alpha value is -2.02. The molecule has 1 aromatic rings. The average Bonchev–Trinajstić information content (AvgIpc) is 3.09. The summed E-state index contributed by atoms with van der Waals surface area (Å²) in [4.78, 5) is 14.4. The van der Waals surface area contributed by atoms with Crippen LogP contribution in [0, 0.1) is 17.2 Å². The molecule has 0 N–H and O–H groups in total. The summed E-state index contributed by atoms with van der Waals surface area (Å²) in [5.74, 6) is 1.34. The van der Waals surface area contributed by atoms with Crippen molar-refractivity contribution in [1.82, 2.24) is 4.90 Å². The van der Waals surface area contributed by atoms with Crippen LogP contribution in [-0.2, 0) is 4.79 Å². The second-order valence-electron chi connectivity index (χ2n) is 5.72. The molecule has 2 fully saturated rings. The summed E-state index contributed by atoms with van der Waals surface area (Å²) in [6, 6.07) is 9.42. The molecule has 3 rings (SSSR count). The number of rotatable bonds is 3. The molecule has 1 aromatic carbocycles. The van der Waals surface area contributed by atoms with Gasteiger partial charge < -0.3 is 9.64 Å². The molecule has 4 heteroatoms. The fourth-order valence-electron chi connectivity index (χ4n) is 3.32. The SMILES string of the molecule is CC(Oc1cccc(C#N)c1)C(=O)N1CC2CCC1C2. The number of hydrogen-bond acceptors (Lipinski definition) is 3. The van der Waals surface area contributed by atoms with Crippen molar-refractivity contribution in [2.45, 2.75) is 38.3 Å². The summed E-state index contributed by atoms with van der Waals surface area (Å²) < 4.78 is 5.70. The van der Waals surface area contributed by atoms with Gasteiger partial charge in [-0.1, -0.05) is 6.07 Å². The predicted octanol–water partition coefficient (Wildman–Crippen LogP) is 2.34. The highest BCUT2D eigenvalue weighted by atomic mass is 16.5. The third kappa shape index (κ3) is 2.36. The molecule has 4 nitrogen and oxygen atoms in total. The van der Waals surface area contributed by atoms with Gasteiger partial charge in [-0.15, -0.1) is 0 Å². The highest BCUT2D eigenvalue weighted by molar-refractivity contribution is 5.81. The number of benzene rings is 1. The van der Waals surface area contributed by atoms with Crippen LogP contribution in [-0.4, -0.2) is 29.5 Å². The van der Waals surface area contributed by atoms with E-state index in [1.165, 1.54) is 6.42 Å². The van der Waals surface area contributed by atoms with Gasteiger partial charge in [-0.05, 0) is 50.3 Å². The molecule has 1 amide bonds. The first kappa shape index (κ1) is 13.0. The van der Waals surface area contributed by atoms with Crippen molar-refractivity contribution < 1.29 is 9.53 Å². The maximum Gasteiger partial charge on any atom is 0.263 e. The average molecular weight is 270 g/mol. The largest absolute Gasteiger partial charge is 0.481 e. The van der Waals surface area contributed by atoms with Crippen LogP contribution in [0.25, 0.3) is 0 Å². The monoisotopic (exact) mass is 270 g/mol. The maximum atomic E-state index is 12.4. The minimum absolute atomic E-state index is 0.0690. The van der Waals surface area contributed by atoms with Gasteiger partial charge in [0.2, 0.25) is 0 Å². The fourth-order valence-corrected chi connectivity index (χ4v) is 3.32. The van der Waals surface area contributed by atoms with Crippen LogP contribution >= 0.6 is 0 Å². The van der Waals surface area contributed by atoms with E-state index in [1.54, 1.807) is 31.2 Å². The first-order valence-corrected chi connectivity index (χ1v) is 7.14. The van der Waals surface area contributed by atoms with E-state index >= 15 is 0 Å². The number of likely N-dealkylation sites (tertiary alicyclic amines) is 1. The van der Waals surface area contributed by atoms with Crippen molar-refractivity contribution in [2.75, 3.05) is 6.54 Å². The number of nitriles is 1. The van der Waals surface area contributed by atoms with Gasteiger partial charge in [0.1, 0.15) is 5.75 Å². The van der Waals surface area contributed by atoms with Crippen molar-refractivity contribution in [3.8, 4) is 11.8 Å². The number of hydrogen-bond donors (Lipinski definition) is 0. The highest BCUT2D eigenvalue weighted by Crippen LogP contribution is 2.37. The summed E-state index contributed by atoms with van der Waals surface area (Å²) >= 11 is 0. The van der Waals surface area contributed by atoms with Crippen molar-refractivity contribution in [2.24, 2.45) is 5.92 Å². The van der Waals surface area contributed by atoms with Crippen molar-refractivity contribution in [3.05, 3.63) is 29.8 Å². The Morgan fingerprint density at radius 3 is 3.00 bits per heavy atom. The molecule has 2 bridgehead atoms. The van der Waals surface area contributed by atoms with Crippen LogP contribution < -0.4 is 4.74 Å². The molecule has 3 atom stereocenters. The lowest BCUT2D eigenvalue weighted by molar-refractivity contribution is -0.139. The van der Waals surface area contributed by atoms with Crippen LogP contribution in [0.15, 0.2) is 24.3 Å². The molecule has 3 unspecified atom stereocenters. The van der Waals surface area contributed by atoms with Gasteiger partial charge in [0, 0.05) is 12.6 Å². The summed E-state index contributed by atoms with van der Waals surface area (Å²) in [6.07, 6.45) is 3.05. The zero-order valence-corrected chi connectivity index (χ0v) is 11.6. The van der Waals surface area contributed by atoms with Crippen LogP contribution in [0.3, 0.4) is 0 Å². The van der Waals surface area contributed by atoms with Crippen molar-refractivity contribution in [1.29, 1.82) is 5.26 Å². The van der Waals surface area contributed by atoms with E-state index < -0.39 is 6.10 Å². The van der Waals surface area contributed by atoms with E-state index in [4.69, 9.17) is 10.00 Å². The minimum atomic E-state index is -0.497. The second-order valence-corrected chi connectivity index (χ2v) is 5.72. The molecule has 20 heavy (non-hydrogen) atoms. The van der Waals surface area contributed by atoms with Gasteiger partial charge in [0.25, 0.3) is 5.91 Å². The molecular formula is C16H18N2O2. The molecule has 0 spiro atoms. The van der Waals surface area contributed by atoms with E-state index in [1.807, 2.05) is 4.90 Å². The zero-order chi connectivity index (χ0) is 14.1. The first-order chi connectivity index (χ1) is 9.67. The number of ether oxygens (including phenoxy) is 1. The van der Waals surface area contributed by atoms with E-state index in [2.05, 4.69) is 6.07 Å². The predicted molar refractivity (Wildman–Crippen MR) is 74.1 cm³/mol. The zero-order valence-electron chi connectivity index (χ0n) is 11.6. The Morgan fingerprint density at radius 1 is 1.50 bits per heavy atom. The number of carbonyl (C=O) groups excluding carboxylic acids is 1. The van der Waals surface area contributed by atoms with Gasteiger partial charge in [-0.2, -0.15) is 5.26 Å². The minimum Gasteiger partial charge on any atom is -0.481 e. The molecular weight excluding hydrogens is 252 g/mol. The lowest BCUT2D eigenvalue weighted by Crippen LogP contribution is -2.44. The van der Waals surface area contributed by atoms with Gasteiger partial charge in [0.05, 0.1) is 11.6 Å². The van der Waals surface area contributed by atoms with E-state index in [0.717, 1.165) is 19.4 Å².